The SMILES string of the molecule is O=C(NN[C@H]1CC(=O)N(c2ccc(Cl)cc2)C1=O)c1ccccc1Cl. The molecule has 0 spiro atoms. The Kier molecular flexibility index (Phi) is 5.03. The lowest BCUT2D eigenvalue weighted by Crippen LogP contribution is -2.48. The van der Waals surface area contributed by atoms with E-state index in [0.717, 1.165) is 4.90 Å². The second-order valence-corrected chi connectivity index (χ2v) is 6.22. The van der Waals surface area contributed by atoms with Gasteiger partial charge in [0, 0.05) is 5.02 Å². The van der Waals surface area contributed by atoms with Gasteiger partial charge in [0.2, 0.25) is 5.91 Å². The summed E-state index contributed by atoms with van der Waals surface area (Å²) in [5.74, 6) is -1.31. The maximum Gasteiger partial charge on any atom is 0.266 e. The van der Waals surface area contributed by atoms with Crippen molar-refractivity contribution in [2.45, 2.75) is 12.5 Å². The first-order valence-electron chi connectivity index (χ1n) is 7.40. The Balaban J connectivity index is 1.67. The smallest absolute Gasteiger partial charge is 0.266 e. The molecule has 0 aromatic heterocycles. The number of anilines is 1. The minimum atomic E-state index is -0.852. The lowest BCUT2D eigenvalue weighted by molar-refractivity contribution is -0.121. The fourth-order valence-corrected chi connectivity index (χ4v) is 2.82. The number of amides is 3. The first-order chi connectivity index (χ1) is 12.0. The summed E-state index contributed by atoms with van der Waals surface area (Å²) in [6.07, 6.45) is -0.0652. The van der Waals surface area contributed by atoms with Crippen LogP contribution in [0.2, 0.25) is 10.0 Å². The number of rotatable bonds is 4. The molecule has 1 saturated heterocycles. The molecule has 0 saturated carbocycles. The third-order valence-corrected chi connectivity index (χ3v) is 4.29. The average Bonchev–Trinajstić information content (AvgIpc) is 2.88. The molecule has 1 fully saturated rings. The number of imide groups is 1. The first-order valence-corrected chi connectivity index (χ1v) is 8.15. The van der Waals surface area contributed by atoms with Crippen LogP contribution in [0, 0.1) is 0 Å². The van der Waals surface area contributed by atoms with Gasteiger partial charge in [-0.15, -0.1) is 0 Å². The summed E-state index contributed by atoms with van der Waals surface area (Å²) < 4.78 is 0. The molecule has 6 nitrogen and oxygen atoms in total. The second-order valence-electron chi connectivity index (χ2n) is 5.38. The highest BCUT2D eigenvalue weighted by molar-refractivity contribution is 6.33. The molecular formula is C17H13Cl2N3O3. The normalized spacial score (nSPS) is 17.0. The zero-order chi connectivity index (χ0) is 18.0. The zero-order valence-corrected chi connectivity index (χ0v) is 14.3. The number of carbonyl (C=O) groups is 3. The lowest BCUT2D eigenvalue weighted by atomic mass is 10.2. The van der Waals surface area contributed by atoms with E-state index >= 15 is 0 Å². The largest absolute Gasteiger partial charge is 0.287 e. The lowest BCUT2D eigenvalue weighted by Gasteiger charge is -2.16. The number of carbonyl (C=O) groups excluding carboxylic acids is 3. The van der Waals surface area contributed by atoms with Crippen LogP contribution in [0.25, 0.3) is 0 Å². The van der Waals surface area contributed by atoms with Crippen molar-refractivity contribution in [1.82, 2.24) is 10.9 Å². The van der Waals surface area contributed by atoms with E-state index in [1.165, 1.54) is 0 Å². The Morgan fingerprint density at radius 1 is 1.04 bits per heavy atom. The molecule has 25 heavy (non-hydrogen) atoms. The molecule has 0 unspecified atom stereocenters. The van der Waals surface area contributed by atoms with Crippen molar-refractivity contribution in [2.75, 3.05) is 4.90 Å². The summed E-state index contributed by atoms with van der Waals surface area (Å²) in [4.78, 5) is 37.8. The molecule has 1 aliphatic heterocycles. The third kappa shape index (κ3) is 3.66. The number of halogens is 2. The number of hydrogen-bond acceptors (Lipinski definition) is 4. The average molecular weight is 378 g/mol. The molecule has 1 atom stereocenters. The maximum atomic E-state index is 12.4. The van der Waals surface area contributed by atoms with Crippen LogP contribution in [-0.2, 0) is 9.59 Å². The van der Waals surface area contributed by atoms with Gasteiger partial charge in [0.05, 0.1) is 22.7 Å². The van der Waals surface area contributed by atoms with Crippen LogP contribution in [0.15, 0.2) is 48.5 Å². The number of hydrazine groups is 1. The van der Waals surface area contributed by atoms with Crippen LogP contribution in [0.3, 0.4) is 0 Å². The van der Waals surface area contributed by atoms with Crippen LogP contribution in [0.5, 0.6) is 0 Å². The molecule has 1 heterocycles. The first kappa shape index (κ1) is 17.4. The van der Waals surface area contributed by atoms with Crippen LogP contribution >= 0.6 is 23.2 Å². The molecule has 0 aliphatic carbocycles. The maximum absolute atomic E-state index is 12.4. The van der Waals surface area contributed by atoms with Crippen LogP contribution in [-0.4, -0.2) is 23.8 Å². The summed E-state index contributed by atoms with van der Waals surface area (Å²) in [6, 6.07) is 12.0. The highest BCUT2D eigenvalue weighted by atomic mass is 35.5. The predicted octanol–water partition coefficient (Wildman–Crippen LogP) is 2.56. The van der Waals surface area contributed by atoms with Crippen molar-refractivity contribution in [3.05, 3.63) is 64.1 Å². The van der Waals surface area contributed by atoms with Gasteiger partial charge in [0.1, 0.15) is 6.04 Å². The molecule has 2 N–H and O–H groups in total. The number of nitrogens with zero attached hydrogens (tertiary/aromatic N) is 1. The predicted molar refractivity (Wildman–Crippen MR) is 94.4 cm³/mol. The van der Waals surface area contributed by atoms with Gasteiger partial charge in [-0.2, -0.15) is 0 Å². The van der Waals surface area contributed by atoms with Crippen molar-refractivity contribution in [3.8, 4) is 0 Å². The fourth-order valence-electron chi connectivity index (χ4n) is 2.47. The molecule has 3 amide bonds. The summed E-state index contributed by atoms with van der Waals surface area (Å²) in [5, 5.41) is 0.794. The Morgan fingerprint density at radius 2 is 1.72 bits per heavy atom. The quantitative estimate of drug-likeness (QED) is 0.633. The Labute approximate surface area is 153 Å². The highest BCUT2D eigenvalue weighted by Crippen LogP contribution is 2.24. The minimum Gasteiger partial charge on any atom is -0.287 e. The molecule has 128 valence electrons. The van der Waals surface area contributed by atoms with Gasteiger partial charge in [0.25, 0.3) is 11.8 Å². The Hall–Kier alpha value is -2.41. The van der Waals surface area contributed by atoms with Crippen LogP contribution in [0.1, 0.15) is 16.8 Å². The van der Waals surface area contributed by atoms with Gasteiger partial charge in [-0.3, -0.25) is 19.8 Å². The number of benzene rings is 2. The van der Waals surface area contributed by atoms with Crippen molar-refractivity contribution >= 4 is 46.6 Å². The molecule has 0 radical (unpaired) electrons. The van der Waals surface area contributed by atoms with Gasteiger partial charge in [-0.1, -0.05) is 35.3 Å². The van der Waals surface area contributed by atoms with Crippen molar-refractivity contribution < 1.29 is 14.4 Å². The zero-order valence-electron chi connectivity index (χ0n) is 12.8. The summed E-state index contributed by atoms with van der Waals surface area (Å²) in [5.41, 5.74) is 5.72. The van der Waals surface area contributed by atoms with Crippen molar-refractivity contribution in [2.24, 2.45) is 0 Å². The number of nitrogens with one attached hydrogen (secondary N) is 2. The molecule has 2 aromatic rings. The van der Waals surface area contributed by atoms with Gasteiger partial charge >= 0.3 is 0 Å². The molecule has 0 bridgehead atoms. The van der Waals surface area contributed by atoms with E-state index in [1.54, 1.807) is 48.5 Å². The van der Waals surface area contributed by atoms with Gasteiger partial charge in [-0.05, 0) is 36.4 Å². The van der Waals surface area contributed by atoms with Crippen LogP contribution in [0.4, 0.5) is 5.69 Å². The number of hydrogen-bond donors (Lipinski definition) is 2. The fraction of sp³-hybridized carbons (Fsp3) is 0.118. The van der Waals surface area contributed by atoms with E-state index in [-0.39, 0.29) is 17.9 Å². The summed E-state index contributed by atoms with van der Waals surface area (Å²) >= 11 is 11.8. The van der Waals surface area contributed by atoms with Gasteiger partial charge in [0.15, 0.2) is 0 Å². The molecule has 2 aromatic carbocycles. The monoisotopic (exact) mass is 377 g/mol. The summed E-state index contributed by atoms with van der Waals surface area (Å²) in [7, 11) is 0. The molecule has 1 aliphatic rings. The Morgan fingerprint density at radius 3 is 2.40 bits per heavy atom. The van der Waals surface area contributed by atoms with E-state index in [4.69, 9.17) is 23.2 Å². The third-order valence-electron chi connectivity index (χ3n) is 3.71. The summed E-state index contributed by atoms with van der Waals surface area (Å²) in [6.45, 7) is 0. The topological polar surface area (TPSA) is 78.5 Å². The van der Waals surface area contributed by atoms with Crippen LogP contribution < -0.4 is 15.8 Å². The Bertz CT molecular complexity index is 839. The van der Waals surface area contributed by atoms with E-state index in [1.807, 2.05) is 0 Å². The molecule has 8 heteroatoms. The van der Waals surface area contributed by atoms with Gasteiger partial charge in [-0.25, -0.2) is 10.3 Å². The van der Waals surface area contributed by atoms with Crippen molar-refractivity contribution in [3.63, 3.8) is 0 Å². The highest BCUT2D eigenvalue weighted by Gasteiger charge is 2.39. The standard InChI is InChI=1S/C17H13Cl2N3O3/c18-10-5-7-11(8-6-10)22-15(23)9-14(17(22)25)20-21-16(24)12-3-1-2-4-13(12)19/h1-8,14,20H,9H2,(H,21,24)/t14-/m0/s1. The van der Waals surface area contributed by atoms with E-state index < -0.39 is 17.9 Å². The van der Waals surface area contributed by atoms with E-state index in [0.29, 0.717) is 15.7 Å². The minimum absolute atomic E-state index is 0.0652. The second kappa shape index (κ2) is 7.23. The van der Waals surface area contributed by atoms with E-state index in [2.05, 4.69) is 10.9 Å². The van der Waals surface area contributed by atoms with Crippen molar-refractivity contribution in [1.29, 1.82) is 0 Å². The molecular weight excluding hydrogens is 365 g/mol. The molecule has 3 rings (SSSR count). The van der Waals surface area contributed by atoms with E-state index in [9.17, 15) is 14.4 Å². The van der Waals surface area contributed by atoms with Gasteiger partial charge < -0.3 is 0 Å².